The van der Waals surface area contributed by atoms with Crippen molar-refractivity contribution >= 4 is 5.91 Å². The van der Waals surface area contributed by atoms with Crippen LogP contribution < -0.4 is 5.32 Å². The normalized spacial score (nSPS) is 13.7. The van der Waals surface area contributed by atoms with Gasteiger partial charge in [0.05, 0.1) is 0 Å². The molecule has 0 bridgehead atoms. The molecule has 0 aliphatic heterocycles. The minimum atomic E-state index is -0.425. The van der Waals surface area contributed by atoms with E-state index in [1.807, 2.05) is 20.8 Å². The first-order chi connectivity index (χ1) is 5.74. The van der Waals surface area contributed by atoms with Crippen LogP contribution in [0.3, 0.4) is 0 Å². The highest BCUT2D eigenvalue weighted by Gasteiger charge is 2.13. The zero-order valence-corrected chi connectivity index (χ0v) is 8.99. The van der Waals surface area contributed by atoms with E-state index in [0.29, 0.717) is 6.54 Å². The fourth-order valence-corrected chi connectivity index (χ4v) is 0.634. The minimum absolute atomic E-state index is 0.0279. The first kappa shape index (κ1) is 12.1. The van der Waals surface area contributed by atoms with Crippen molar-refractivity contribution in [1.29, 1.82) is 0 Å². The molecular weight excluding hydrogens is 169 g/mol. The summed E-state index contributed by atoms with van der Waals surface area (Å²) in [4.78, 5) is 11.2. The Kier molecular flexibility index (Phi) is 4.11. The van der Waals surface area contributed by atoms with Crippen LogP contribution >= 0.6 is 0 Å². The highest BCUT2D eigenvalue weighted by Crippen LogP contribution is 2.11. The molecule has 0 unspecified atom stereocenters. The average molecular weight is 187 g/mol. The Hall–Kier alpha value is -0.860. The van der Waals surface area contributed by atoms with Gasteiger partial charge in [-0.3, -0.25) is 4.79 Å². The third kappa shape index (κ3) is 5.39. The molecule has 0 aliphatic rings. The third-order valence-corrected chi connectivity index (χ3v) is 1.64. The lowest BCUT2D eigenvalue weighted by molar-refractivity contribution is -0.117. The first-order valence-corrected chi connectivity index (χ1v) is 4.35. The molecule has 0 fully saturated rings. The van der Waals surface area contributed by atoms with Crippen molar-refractivity contribution in [2.75, 3.05) is 6.54 Å². The van der Waals surface area contributed by atoms with Gasteiger partial charge in [-0.2, -0.15) is 0 Å². The summed E-state index contributed by atoms with van der Waals surface area (Å²) in [7, 11) is 0. The Balaban J connectivity index is 4.12. The fourth-order valence-electron chi connectivity index (χ4n) is 0.634. The highest BCUT2D eigenvalue weighted by molar-refractivity contribution is 5.93. The first-order valence-electron chi connectivity index (χ1n) is 4.35. The second-order valence-electron chi connectivity index (χ2n) is 4.40. The van der Waals surface area contributed by atoms with Crippen molar-refractivity contribution < 1.29 is 9.18 Å². The Bertz CT molecular complexity index is 222. The smallest absolute Gasteiger partial charge is 0.249 e. The number of nitrogens with one attached hydrogen (secondary N) is 1. The van der Waals surface area contributed by atoms with E-state index >= 15 is 0 Å². The monoisotopic (exact) mass is 187 g/mol. The standard InChI is InChI=1S/C10H18FNO/c1-7(8(2)11)9(13)12-6-10(3,4)5/h6H2,1-5H3,(H,12,13)/b8-7-. The molecule has 0 saturated carbocycles. The van der Waals surface area contributed by atoms with Crippen molar-refractivity contribution in [2.24, 2.45) is 5.41 Å². The van der Waals surface area contributed by atoms with Gasteiger partial charge >= 0.3 is 0 Å². The van der Waals surface area contributed by atoms with Gasteiger partial charge in [0, 0.05) is 12.1 Å². The topological polar surface area (TPSA) is 29.1 Å². The van der Waals surface area contributed by atoms with E-state index in [9.17, 15) is 9.18 Å². The van der Waals surface area contributed by atoms with E-state index in [1.165, 1.54) is 13.8 Å². The van der Waals surface area contributed by atoms with E-state index in [1.54, 1.807) is 0 Å². The predicted molar refractivity (Wildman–Crippen MR) is 51.9 cm³/mol. The minimum Gasteiger partial charge on any atom is -0.352 e. The van der Waals surface area contributed by atoms with E-state index < -0.39 is 5.83 Å². The molecule has 0 radical (unpaired) electrons. The van der Waals surface area contributed by atoms with Crippen molar-refractivity contribution in [3.05, 3.63) is 11.4 Å². The predicted octanol–water partition coefficient (Wildman–Crippen LogP) is 2.41. The molecule has 0 aromatic rings. The molecule has 0 saturated heterocycles. The summed E-state index contributed by atoms with van der Waals surface area (Å²) in [5.41, 5.74) is 0.185. The summed E-state index contributed by atoms with van der Waals surface area (Å²) in [5, 5.41) is 2.67. The van der Waals surface area contributed by atoms with Gasteiger partial charge in [0.1, 0.15) is 5.83 Å². The van der Waals surface area contributed by atoms with Crippen LogP contribution in [0.25, 0.3) is 0 Å². The maximum atomic E-state index is 12.6. The van der Waals surface area contributed by atoms with Gasteiger partial charge in [-0.15, -0.1) is 0 Å². The summed E-state index contributed by atoms with van der Waals surface area (Å²) in [6.45, 7) is 9.34. The van der Waals surface area contributed by atoms with Gasteiger partial charge in [0.2, 0.25) is 5.91 Å². The molecule has 0 rings (SSSR count). The largest absolute Gasteiger partial charge is 0.352 e. The number of hydrogen-bond acceptors (Lipinski definition) is 1. The van der Waals surface area contributed by atoms with Gasteiger partial charge in [-0.05, 0) is 19.3 Å². The van der Waals surface area contributed by atoms with Crippen LogP contribution in [-0.4, -0.2) is 12.5 Å². The number of carbonyl (C=O) groups is 1. The summed E-state index contributed by atoms with van der Waals surface area (Å²) in [6.07, 6.45) is 0. The quantitative estimate of drug-likeness (QED) is 0.661. The number of allylic oxidation sites excluding steroid dienone is 1. The van der Waals surface area contributed by atoms with Crippen LogP contribution in [0.1, 0.15) is 34.6 Å². The van der Waals surface area contributed by atoms with Gasteiger partial charge in [-0.25, -0.2) is 4.39 Å². The molecule has 1 amide bonds. The molecule has 0 aromatic carbocycles. The van der Waals surface area contributed by atoms with Crippen LogP contribution in [0, 0.1) is 5.41 Å². The molecule has 0 spiro atoms. The molecule has 2 nitrogen and oxygen atoms in total. The lowest BCUT2D eigenvalue weighted by Crippen LogP contribution is -2.32. The molecule has 0 heterocycles. The zero-order chi connectivity index (χ0) is 10.6. The van der Waals surface area contributed by atoms with Crippen LogP contribution in [0.4, 0.5) is 4.39 Å². The van der Waals surface area contributed by atoms with Crippen LogP contribution in [-0.2, 0) is 4.79 Å². The molecule has 76 valence electrons. The van der Waals surface area contributed by atoms with Gasteiger partial charge in [0.25, 0.3) is 0 Å². The number of rotatable bonds is 2. The molecule has 0 aliphatic carbocycles. The summed E-state index contributed by atoms with van der Waals surface area (Å²) in [5.74, 6) is -0.749. The molecule has 13 heavy (non-hydrogen) atoms. The van der Waals surface area contributed by atoms with Crippen molar-refractivity contribution in [3.63, 3.8) is 0 Å². The van der Waals surface area contributed by atoms with E-state index in [4.69, 9.17) is 0 Å². The molecular formula is C10H18FNO. The summed E-state index contributed by atoms with van der Waals surface area (Å²) in [6, 6.07) is 0. The number of amides is 1. The Morgan fingerprint density at radius 1 is 1.31 bits per heavy atom. The number of carbonyl (C=O) groups excluding carboxylic acids is 1. The molecule has 0 atom stereocenters. The number of hydrogen-bond donors (Lipinski definition) is 1. The third-order valence-electron chi connectivity index (χ3n) is 1.64. The SMILES string of the molecule is C/C(F)=C(\C)C(=O)NCC(C)(C)C. The lowest BCUT2D eigenvalue weighted by Gasteiger charge is -2.18. The van der Waals surface area contributed by atoms with Gasteiger partial charge < -0.3 is 5.32 Å². The Morgan fingerprint density at radius 2 is 1.77 bits per heavy atom. The molecule has 0 aromatic heterocycles. The van der Waals surface area contributed by atoms with Crippen molar-refractivity contribution in [3.8, 4) is 0 Å². The van der Waals surface area contributed by atoms with Gasteiger partial charge in [0.15, 0.2) is 0 Å². The maximum Gasteiger partial charge on any atom is 0.249 e. The zero-order valence-electron chi connectivity index (χ0n) is 8.99. The van der Waals surface area contributed by atoms with E-state index in [-0.39, 0.29) is 16.9 Å². The second kappa shape index (κ2) is 4.40. The lowest BCUT2D eigenvalue weighted by atomic mass is 9.97. The van der Waals surface area contributed by atoms with Crippen molar-refractivity contribution in [2.45, 2.75) is 34.6 Å². The molecule has 3 heteroatoms. The maximum absolute atomic E-state index is 12.6. The summed E-state index contributed by atoms with van der Waals surface area (Å²) >= 11 is 0. The van der Waals surface area contributed by atoms with Crippen LogP contribution in [0.2, 0.25) is 0 Å². The van der Waals surface area contributed by atoms with Gasteiger partial charge in [-0.1, -0.05) is 20.8 Å². The number of halogens is 1. The fraction of sp³-hybridized carbons (Fsp3) is 0.700. The van der Waals surface area contributed by atoms with E-state index in [0.717, 1.165) is 0 Å². The van der Waals surface area contributed by atoms with Crippen molar-refractivity contribution in [1.82, 2.24) is 5.32 Å². The highest BCUT2D eigenvalue weighted by atomic mass is 19.1. The van der Waals surface area contributed by atoms with Crippen LogP contribution in [0.15, 0.2) is 11.4 Å². The summed E-state index contributed by atoms with van der Waals surface area (Å²) < 4.78 is 12.6. The van der Waals surface area contributed by atoms with Crippen LogP contribution in [0.5, 0.6) is 0 Å². The van der Waals surface area contributed by atoms with E-state index in [2.05, 4.69) is 5.32 Å². The Morgan fingerprint density at radius 3 is 2.08 bits per heavy atom. The average Bonchev–Trinajstić information content (AvgIpc) is 1.97. The second-order valence-corrected chi connectivity index (χ2v) is 4.40. The Labute approximate surface area is 79.2 Å². The molecule has 1 N–H and O–H groups in total.